The van der Waals surface area contributed by atoms with Crippen LogP contribution in [0.1, 0.15) is 39.2 Å². The van der Waals surface area contributed by atoms with Crippen molar-refractivity contribution in [1.29, 1.82) is 5.26 Å². The van der Waals surface area contributed by atoms with Crippen molar-refractivity contribution in [2.45, 2.75) is 39.7 Å². The third kappa shape index (κ3) is 4.25. The molecule has 1 aliphatic heterocycles. The van der Waals surface area contributed by atoms with E-state index in [2.05, 4.69) is 22.0 Å². The first-order valence-corrected chi connectivity index (χ1v) is 9.53. The molecule has 0 saturated carbocycles. The monoisotopic (exact) mass is 450 g/mol. The highest BCUT2D eigenvalue weighted by atomic mass is 79.9. The van der Waals surface area contributed by atoms with Gasteiger partial charge in [0.1, 0.15) is 17.4 Å². The number of esters is 1. The number of ether oxygens (including phenoxy) is 4. The molecule has 7 nitrogen and oxygen atoms in total. The van der Waals surface area contributed by atoms with Crippen LogP contribution in [0.3, 0.4) is 0 Å². The predicted octanol–water partition coefficient (Wildman–Crippen LogP) is 3.89. The maximum Gasteiger partial charge on any atom is 0.338 e. The van der Waals surface area contributed by atoms with Crippen molar-refractivity contribution in [3.8, 4) is 17.6 Å². The van der Waals surface area contributed by atoms with E-state index in [-0.39, 0.29) is 35.5 Å². The summed E-state index contributed by atoms with van der Waals surface area (Å²) < 4.78 is 22.5. The average molecular weight is 451 g/mol. The minimum absolute atomic E-state index is 0.0496. The Morgan fingerprint density at radius 2 is 2.07 bits per heavy atom. The van der Waals surface area contributed by atoms with Crippen LogP contribution in [-0.4, -0.2) is 25.8 Å². The fourth-order valence-corrected chi connectivity index (χ4v) is 3.49. The zero-order chi connectivity index (χ0) is 21.0. The second kappa shape index (κ2) is 9.02. The van der Waals surface area contributed by atoms with Gasteiger partial charge in [-0.3, -0.25) is 0 Å². The molecule has 28 heavy (non-hydrogen) atoms. The minimum Gasteiger partial charge on any atom is -0.493 e. The lowest BCUT2D eigenvalue weighted by atomic mass is 9.83. The maximum atomic E-state index is 12.6. The fourth-order valence-electron chi connectivity index (χ4n) is 2.94. The summed E-state index contributed by atoms with van der Waals surface area (Å²) in [5, 5.41) is 9.69. The van der Waals surface area contributed by atoms with E-state index >= 15 is 0 Å². The summed E-state index contributed by atoms with van der Waals surface area (Å²) in [7, 11) is 1.52. The Morgan fingerprint density at radius 3 is 2.61 bits per heavy atom. The van der Waals surface area contributed by atoms with Crippen molar-refractivity contribution < 1.29 is 23.7 Å². The van der Waals surface area contributed by atoms with Crippen LogP contribution in [-0.2, 0) is 14.3 Å². The maximum absolute atomic E-state index is 12.6. The van der Waals surface area contributed by atoms with Crippen molar-refractivity contribution in [2.75, 3.05) is 13.7 Å². The molecule has 1 aromatic carbocycles. The van der Waals surface area contributed by atoms with Crippen LogP contribution in [0.2, 0.25) is 0 Å². The van der Waals surface area contributed by atoms with Crippen LogP contribution in [0.5, 0.6) is 11.5 Å². The van der Waals surface area contributed by atoms with Gasteiger partial charge in [-0.1, -0.05) is 15.9 Å². The Morgan fingerprint density at radius 1 is 1.39 bits per heavy atom. The highest BCUT2D eigenvalue weighted by Crippen LogP contribution is 2.45. The van der Waals surface area contributed by atoms with Crippen molar-refractivity contribution in [3.05, 3.63) is 45.0 Å². The summed E-state index contributed by atoms with van der Waals surface area (Å²) in [6, 6.07) is 5.52. The van der Waals surface area contributed by atoms with Crippen LogP contribution >= 0.6 is 15.9 Å². The number of rotatable bonds is 6. The van der Waals surface area contributed by atoms with E-state index in [1.807, 2.05) is 13.8 Å². The predicted molar refractivity (Wildman–Crippen MR) is 106 cm³/mol. The molecule has 1 atom stereocenters. The van der Waals surface area contributed by atoms with Crippen LogP contribution < -0.4 is 15.2 Å². The first-order valence-electron chi connectivity index (χ1n) is 8.74. The van der Waals surface area contributed by atoms with Gasteiger partial charge in [0.2, 0.25) is 5.88 Å². The molecule has 0 amide bonds. The number of nitrogens with two attached hydrogens (primary N) is 1. The Balaban J connectivity index is 2.70. The molecular formula is C20H23BrN2O5. The number of hydrogen-bond acceptors (Lipinski definition) is 7. The number of halogens is 1. The van der Waals surface area contributed by atoms with Crippen LogP contribution in [0.4, 0.5) is 0 Å². The summed E-state index contributed by atoms with van der Waals surface area (Å²) in [5.74, 6) is -0.100. The molecule has 1 aromatic rings. The summed E-state index contributed by atoms with van der Waals surface area (Å²) in [6.45, 7) is 7.32. The molecule has 0 aromatic heterocycles. The van der Waals surface area contributed by atoms with Gasteiger partial charge in [0.05, 0.1) is 31.3 Å². The van der Waals surface area contributed by atoms with Gasteiger partial charge < -0.3 is 24.7 Å². The smallest absolute Gasteiger partial charge is 0.338 e. The van der Waals surface area contributed by atoms with E-state index in [0.717, 1.165) is 0 Å². The minimum atomic E-state index is -0.769. The summed E-state index contributed by atoms with van der Waals surface area (Å²) in [4.78, 5) is 12.6. The van der Waals surface area contributed by atoms with Gasteiger partial charge in [-0.15, -0.1) is 0 Å². The van der Waals surface area contributed by atoms with Gasteiger partial charge in [0.15, 0.2) is 11.5 Å². The number of nitriles is 1. The lowest BCUT2D eigenvalue weighted by molar-refractivity contribution is -0.139. The molecule has 0 radical (unpaired) electrons. The van der Waals surface area contributed by atoms with Gasteiger partial charge in [-0.05, 0) is 45.4 Å². The van der Waals surface area contributed by atoms with Crippen molar-refractivity contribution >= 4 is 21.9 Å². The Labute approximate surface area is 172 Å². The Kier molecular flexibility index (Phi) is 6.97. The van der Waals surface area contributed by atoms with Crippen molar-refractivity contribution in [3.63, 3.8) is 0 Å². The molecule has 0 saturated heterocycles. The number of carbonyl (C=O) groups excluding carboxylic acids is 1. The van der Waals surface area contributed by atoms with E-state index in [1.54, 1.807) is 26.0 Å². The molecule has 1 heterocycles. The molecule has 0 bridgehead atoms. The Bertz CT molecular complexity index is 883. The SMILES string of the molecule is CCOC(=O)C1=C(C)OC(N)=C(C#N)C1c1cc(OC)c(OC(C)C)cc1Br. The molecule has 2 N–H and O–H groups in total. The lowest BCUT2D eigenvalue weighted by Crippen LogP contribution is -2.25. The van der Waals surface area contributed by atoms with Gasteiger partial charge in [-0.2, -0.15) is 5.26 Å². The fraction of sp³-hybridized carbons (Fsp3) is 0.400. The largest absolute Gasteiger partial charge is 0.493 e. The molecule has 1 aliphatic rings. The molecule has 8 heteroatoms. The van der Waals surface area contributed by atoms with E-state index < -0.39 is 11.9 Å². The van der Waals surface area contributed by atoms with E-state index in [4.69, 9.17) is 24.7 Å². The summed E-state index contributed by atoms with van der Waals surface area (Å²) in [6.07, 6.45) is -0.0582. The number of benzene rings is 1. The molecule has 0 aliphatic carbocycles. The quantitative estimate of drug-likeness (QED) is 0.655. The molecule has 2 rings (SSSR count). The van der Waals surface area contributed by atoms with Gasteiger partial charge in [0.25, 0.3) is 0 Å². The molecule has 0 fully saturated rings. The first-order chi connectivity index (χ1) is 13.2. The molecular weight excluding hydrogens is 428 g/mol. The summed E-state index contributed by atoms with van der Waals surface area (Å²) in [5.41, 5.74) is 6.88. The average Bonchev–Trinajstić information content (AvgIpc) is 2.61. The zero-order valence-electron chi connectivity index (χ0n) is 16.5. The molecule has 1 unspecified atom stereocenters. The lowest BCUT2D eigenvalue weighted by Gasteiger charge is -2.28. The number of methoxy groups -OCH3 is 1. The van der Waals surface area contributed by atoms with Crippen LogP contribution in [0.15, 0.2) is 39.4 Å². The highest BCUT2D eigenvalue weighted by Gasteiger charge is 2.37. The van der Waals surface area contributed by atoms with Crippen molar-refractivity contribution in [2.24, 2.45) is 5.73 Å². The number of nitrogens with zero attached hydrogens (tertiary/aromatic N) is 1. The van der Waals surface area contributed by atoms with Gasteiger partial charge in [0, 0.05) is 4.47 Å². The van der Waals surface area contributed by atoms with Gasteiger partial charge in [-0.25, -0.2) is 4.79 Å². The number of hydrogen-bond donors (Lipinski definition) is 1. The highest BCUT2D eigenvalue weighted by molar-refractivity contribution is 9.10. The van der Waals surface area contributed by atoms with Gasteiger partial charge >= 0.3 is 5.97 Å². The molecule has 150 valence electrons. The van der Waals surface area contributed by atoms with E-state index in [1.165, 1.54) is 7.11 Å². The van der Waals surface area contributed by atoms with E-state index in [0.29, 0.717) is 21.5 Å². The standard InChI is InChI=1S/C20H23BrN2O5/c1-6-26-20(24)17-11(4)28-19(23)13(9-22)18(17)12-7-15(25-5)16(8-14(12)21)27-10(2)3/h7-8,10,18H,6,23H2,1-5H3. The summed E-state index contributed by atoms with van der Waals surface area (Å²) >= 11 is 3.52. The Hall–Kier alpha value is -2.66. The normalized spacial score (nSPS) is 16.6. The van der Waals surface area contributed by atoms with Crippen molar-refractivity contribution in [1.82, 2.24) is 0 Å². The number of carbonyl (C=O) groups is 1. The molecule has 0 spiro atoms. The topological polar surface area (TPSA) is 104 Å². The third-order valence-corrected chi connectivity index (χ3v) is 4.74. The van der Waals surface area contributed by atoms with E-state index in [9.17, 15) is 10.1 Å². The van der Waals surface area contributed by atoms with Crippen LogP contribution in [0, 0.1) is 11.3 Å². The zero-order valence-corrected chi connectivity index (χ0v) is 18.0. The second-order valence-corrected chi connectivity index (χ2v) is 7.16. The third-order valence-electron chi connectivity index (χ3n) is 4.06. The second-order valence-electron chi connectivity index (χ2n) is 6.31. The number of allylic oxidation sites excluding steroid dienone is 2. The first kappa shape index (κ1) is 21.6. The van der Waals surface area contributed by atoms with Crippen LogP contribution in [0.25, 0.3) is 0 Å².